The Morgan fingerprint density at radius 1 is 0.952 bits per heavy atom. The van der Waals surface area contributed by atoms with Crippen LogP contribution in [-0.2, 0) is 6.18 Å². The van der Waals surface area contributed by atoms with Crippen LogP contribution in [0.5, 0.6) is 0 Å². The van der Waals surface area contributed by atoms with Gasteiger partial charge >= 0.3 is 12.4 Å². The lowest BCUT2D eigenvalue weighted by atomic mass is 10.1. The van der Waals surface area contributed by atoms with E-state index in [9.17, 15) is 26.3 Å². The predicted octanol–water partition coefficient (Wildman–Crippen LogP) is 5.09. The largest absolute Gasteiger partial charge is 0.416 e. The average molecular weight is 313 g/mol. The highest BCUT2D eigenvalue weighted by molar-refractivity contribution is 5.26. The number of nitrogens with one attached hydrogen (secondary N) is 1. The smallest absolute Gasteiger partial charge is 0.310 e. The SMILES string of the molecule is CC(NCCCCC(F)(F)F)c1ccc(C(F)(F)F)cc1. The van der Waals surface area contributed by atoms with Gasteiger partial charge in [0.05, 0.1) is 5.56 Å². The minimum Gasteiger partial charge on any atom is -0.310 e. The molecule has 1 unspecified atom stereocenters. The van der Waals surface area contributed by atoms with Gasteiger partial charge in [-0.25, -0.2) is 0 Å². The van der Waals surface area contributed by atoms with Crippen molar-refractivity contribution in [3.63, 3.8) is 0 Å². The van der Waals surface area contributed by atoms with Gasteiger partial charge in [-0.15, -0.1) is 0 Å². The van der Waals surface area contributed by atoms with Gasteiger partial charge in [0, 0.05) is 12.5 Å². The highest BCUT2D eigenvalue weighted by Crippen LogP contribution is 2.29. The van der Waals surface area contributed by atoms with Gasteiger partial charge in [-0.05, 0) is 44.0 Å². The molecule has 0 aromatic heterocycles. The lowest BCUT2D eigenvalue weighted by molar-refractivity contribution is -0.137. The number of rotatable bonds is 6. The lowest BCUT2D eigenvalue weighted by Crippen LogP contribution is -2.20. The summed E-state index contributed by atoms with van der Waals surface area (Å²) in [6, 6.07) is 4.53. The molecule has 0 bridgehead atoms. The molecule has 120 valence electrons. The van der Waals surface area contributed by atoms with Crippen molar-refractivity contribution in [2.75, 3.05) is 6.54 Å². The van der Waals surface area contributed by atoms with Crippen molar-refractivity contribution in [1.82, 2.24) is 5.32 Å². The number of alkyl halides is 6. The van der Waals surface area contributed by atoms with Crippen molar-refractivity contribution in [2.24, 2.45) is 0 Å². The Morgan fingerprint density at radius 3 is 2.00 bits per heavy atom. The van der Waals surface area contributed by atoms with Gasteiger partial charge in [0.15, 0.2) is 0 Å². The van der Waals surface area contributed by atoms with Crippen LogP contribution in [0.2, 0.25) is 0 Å². The molecule has 1 N–H and O–H groups in total. The molecular formula is C14H17F6N. The van der Waals surface area contributed by atoms with Gasteiger partial charge in [-0.1, -0.05) is 12.1 Å². The Labute approximate surface area is 119 Å². The minimum absolute atomic E-state index is 0.0379. The van der Waals surface area contributed by atoms with E-state index in [0.717, 1.165) is 12.1 Å². The van der Waals surface area contributed by atoms with E-state index in [2.05, 4.69) is 5.32 Å². The summed E-state index contributed by atoms with van der Waals surface area (Å²) in [5.41, 5.74) is -0.0533. The first-order valence-corrected chi connectivity index (χ1v) is 6.57. The van der Waals surface area contributed by atoms with Crippen molar-refractivity contribution >= 4 is 0 Å². The van der Waals surface area contributed by atoms with Crippen LogP contribution in [-0.4, -0.2) is 12.7 Å². The van der Waals surface area contributed by atoms with Crippen LogP contribution in [0.1, 0.15) is 43.4 Å². The van der Waals surface area contributed by atoms with E-state index in [-0.39, 0.29) is 12.5 Å². The van der Waals surface area contributed by atoms with Crippen LogP contribution in [0.4, 0.5) is 26.3 Å². The summed E-state index contributed by atoms with van der Waals surface area (Å²) < 4.78 is 73.0. The molecule has 0 aliphatic carbocycles. The second kappa shape index (κ2) is 7.15. The first-order valence-electron chi connectivity index (χ1n) is 6.57. The number of benzene rings is 1. The van der Waals surface area contributed by atoms with Gasteiger partial charge in [0.25, 0.3) is 0 Å². The summed E-state index contributed by atoms with van der Waals surface area (Å²) in [6.07, 6.45) is -8.92. The van der Waals surface area contributed by atoms with Crippen LogP contribution < -0.4 is 5.32 Å². The molecule has 1 rings (SSSR count). The van der Waals surface area contributed by atoms with E-state index >= 15 is 0 Å². The molecule has 1 nitrogen and oxygen atoms in total. The van der Waals surface area contributed by atoms with Gasteiger partial charge in [0.2, 0.25) is 0 Å². The van der Waals surface area contributed by atoms with E-state index < -0.39 is 24.3 Å². The lowest BCUT2D eigenvalue weighted by Gasteiger charge is -2.15. The molecule has 0 spiro atoms. The Kier molecular flexibility index (Phi) is 6.07. The second-order valence-electron chi connectivity index (χ2n) is 4.87. The fraction of sp³-hybridized carbons (Fsp3) is 0.571. The first kappa shape index (κ1) is 17.8. The maximum absolute atomic E-state index is 12.4. The Balaban J connectivity index is 2.37. The summed E-state index contributed by atoms with van der Waals surface area (Å²) in [5, 5.41) is 2.99. The molecular weight excluding hydrogens is 296 g/mol. The number of hydrogen-bond donors (Lipinski definition) is 1. The highest BCUT2D eigenvalue weighted by atomic mass is 19.4. The average Bonchev–Trinajstić information content (AvgIpc) is 2.36. The first-order chi connectivity index (χ1) is 9.59. The van der Waals surface area contributed by atoms with Crippen LogP contribution in [0.3, 0.4) is 0 Å². The molecule has 0 heterocycles. The summed E-state index contributed by atoms with van der Waals surface area (Å²) in [6.45, 7) is 2.14. The maximum atomic E-state index is 12.4. The quantitative estimate of drug-likeness (QED) is 0.570. The summed E-state index contributed by atoms with van der Waals surface area (Å²) in [7, 11) is 0. The fourth-order valence-electron chi connectivity index (χ4n) is 1.85. The van der Waals surface area contributed by atoms with Crippen LogP contribution in [0, 0.1) is 0 Å². The zero-order chi connectivity index (χ0) is 16.1. The third kappa shape index (κ3) is 6.84. The summed E-state index contributed by atoms with van der Waals surface area (Å²) in [5.74, 6) is 0. The maximum Gasteiger partial charge on any atom is 0.416 e. The van der Waals surface area contributed by atoms with Crippen LogP contribution in [0.25, 0.3) is 0 Å². The number of hydrogen-bond acceptors (Lipinski definition) is 1. The van der Waals surface area contributed by atoms with Crippen molar-refractivity contribution in [1.29, 1.82) is 0 Å². The molecule has 21 heavy (non-hydrogen) atoms. The Bertz CT molecular complexity index is 421. The third-order valence-corrected chi connectivity index (χ3v) is 3.08. The Hall–Kier alpha value is -1.24. The molecule has 0 amide bonds. The van der Waals surface area contributed by atoms with E-state index in [1.807, 2.05) is 0 Å². The molecule has 1 aromatic rings. The van der Waals surface area contributed by atoms with E-state index in [0.29, 0.717) is 18.5 Å². The zero-order valence-electron chi connectivity index (χ0n) is 11.5. The number of halogens is 6. The van der Waals surface area contributed by atoms with E-state index in [1.54, 1.807) is 6.92 Å². The van der Waals surface area contributed by atoms with Crippen molar-refractivity contribution < 1.29 is 26.3 Å². The molecule has 1 atom stereocenters. The fourth-order valence-corrected chi connectivity index (χ4v) is 1.85. The summed E-state index contributed by atoms with van der Waals surface area (Å²) in [4.78, 5) is 0. The standard InChI is InChI=1S/C14H17F6N/c1-10(21-9-3-2-8-13(15,16)17)11-4-6-12(7-5-11)14(18,19)20/h4-7,10,21H,2-3,8-9H2,1H3. The second-order valence-corrected chi connectivity index (χ2v) is 4.87. The normalized spacial score (nSPS) is 14.2. The van der Waals surface area contributed by atoms with Crippen LogP contribution >= 0.6 is 0 Å². The summed E-state index contributed by atoms with van der Waals surface area (Å²) >= 11 is 0. The van der Waals surface area contributed by atoms with Crippen LogP contribution in [0.15, 0.2) is 24.3 Å². The molecule has 1 aromatic carbocycles. The topological polar surface area (TPSA) is 12.0 Å². The van der Waals surface area contributed by atoms with Crippen molar-refractivity contribution in [2.45, 2.75) is 44.6 Å². The van der Waals surface area contributed by atoms with Gasteiger partial charge in [-0.3, -0.25) is 0 Å². The predicted molar refractivity (Wildman–Crippen MR) is 67.8 cm³/mol. The molecule has 0 aliphatic rings. The van der Waals surface area contributed by atoms with Gasteiger partial charge < -0.3 is 5.32 Å². The molecule has 0 saturated heterocycles. The van der Waals surface area contributed by atoms with E-state index in [1.165, 1.54) is 12.1 Å². The molecule has 7 heteroatoms. The molecule has 0 fully saturated rings. The van der Waals surface area contributed by atoms with Crippen molar-refractivity contribution in [3.05, 3.63) is 35.4 Å². The molecule has 0 radical (unpaired) electrons. The monoisotopic (exact) mass is 313 g/mol. The van der Waals surface area contributed by atoms with Gasteiger partial charge in [0.1, 0.15) is 0 Å². The van der Waals surface area contributed by atoms with E-state index in [4.69, 9.17) is 0 Å². The number of unbranched alkanes of at least 4 members (excludes halogenated alkanes) is 1. The third-order valence-electron chi connectivity index (χ3n) is 3.08. The zero-order valence-corrected chi connectivity index (χ0v) is 11.5. The highest BCUT2D eigenvalue weighted by Gasteiger charge is 2.30. The molecule has 0 aliphatic heterocycles. The van der Waals surface area contributed by atoms with Crippen molar-refractivity contribution in [3.8, 4) is 0 Å². The minimum atomic E-state index is -4.37. The Morgan fingerprint density at radius 2 is 1.52 bits per heavy atom. The van der Waals surface area contributed by atoms with Gasteiger partial charge in [-0.2, -0.15) is 26.3 Å². The molecule has 0 saturated carbocycles.